The van der Waals surface area contributed by atoms with Gasteiger partial charge < -0.3 is 39.4 Å². The molecule has 3 fully saturated rings. The molecule has 1 aliphatic carbocycles. The van der Waals surface area contributed by atoms with Crippen LogP contribution in [0.2, 0.25) is 0 Å². The Balaban J connectivity index is 1.65. The smallest absolute Gasteiger partial charge is 0.410 e. The van der Waals surface area contributed by atoms with Crippen LogP contribution in [0.4, 0.5) is 9.59 Å². The second kappa shape index (κ2) is 14.3. The summed E-state index contributed by atoms with van der Waals surface area (Å²) < 4.78 is 22.5. The van der Waals surface area contributed by atoms with Gasteiger partial charge in [0.05, 0.1) is 6.04 Å². The van der Waals surface area contributed by atoms with Gasteiger partial charge in [0.25, 0.3) is 0 Å². The number of nitrogens with zero attached hydrogens (tertiary/aromatic N) is 5. The Labute approximate surface area is 278 Å². The zero-order valence-corrected chi connectivity index (χ0v) is 28.4. The van der Waals surface area contributed by atoms with Gasteiger partial charge in [0.1, 0.15) is 29.8 Å². The van der Waals surface area contributed by atoms with Crippen molar-refractivity contribution in [3.63, 3.8) is 0 Å². The Hall–Kier alpha value is -4.53. The van der Waals surface area contributed by atoms with E-state index in [4.69, 9.17) is 18.9 Å². The van der Waals surface area contributed by atoms with Gasteiger partial charge in [-0.2, -0.15) is 0 Å². The van der Waals surface area contributed by atoms with Crippen LogP contribution in [0, 0.1) is 5.92 Å². The predicted octanol–water partition coefficient (Wildman–Crippen LogP) is 2.48. The monoisotopic (exact) mass is 675 g/mol. The number of likely N-dealkylation sites (tertiary alicyclic amines) is 1. The number of rotatable bonds is 10. The zero-order chi connectivity index (χ0) is 35.6. The molecular formula is C31H45N7O10. The highest BCUT2D eigenvalue weighted by Crippen LogP contribution is 2.49. The Morgan fingerprint density at radius 1 is 1.19 bits per heavy atom. The Kier molecular flexibility index (Phi) is 10.8. The fraction of sp³-hybridized carbons (Fsp3) is 0.742. The molecule has 48 heavy (non-hydrogen) atoms. The summed E-state index contributed by atoms with van der Waals surface area (Å²) in [5.41, 5.74) is 7.92. The lowest BCUT2D eigenvalue weighted by Gasteiger charge is -2.58. The molecule has 0 aromatic carbocycles. The average molecular weight is 676 g/mol. The molecule has 2 saturated heterocycles. The number of hydrogen-bond acceptors (Lipinski definition) is 11. The van der Waals surface area contributed by atoms with E-state index in [0.717, 1.165) is 5.57 Å². The molecule has 7 atom stereocenters. The summed E-state index contributed by atoms with van der Waals surface area (Å²) in [5, 5.41) is 9.26. The standard InChI is InChI=1S/C31H45N7O10/c1-16(2)12-21(35-36-32)27(42)38-22-13-20(45-17(3)39)14-31(25(22)46-18(4)40)24(34-28(43)47-31)23(38)26(41)33-10-8-19-9-11-37(15-19)29(44)48-30(5,6)7/h9,16,20-25H,8,10-15H2,1-7H3,(H,33,41)(H,34,43)/t20-,21-,22-,23-,24+,25+,31+/m1/s1. The van der Waals surface area contributed by atoms with Crippen LogP contribution in [-0.4, -0.2) is 113 Å². The fourth-order valence-corrected chi connectivity index (χ4v) is 7.01. The van der Waals surface area contributed by atoms with Gasteiger partial charge in [-0.25, -0.2) is 9.59 Å². The van der Waals surface area contributed by atoms with Crippen LogP contribution in [0.15, 0.2) is 16.8 Å². The average Bonchev–Trinajstić information content (AvgIpc) is 3.55. The van der Waals surface area contributed by atoms with E-state index in [1.54, 1.807) is 25.7 Å². The number of hydrogen-bond donors (Lipinski definition) is 2. The lowest BCUT2D eigenvalue weighted by Crippen LogP contribution is -2.80. The third-order valence-corrected chi connectivity index (χ3v) is 8.65. The third-order valence-electron chi connectivity index (χ3n) is 8.65. The minimum Gasteiger partial charge on any atom is -0.462 e. The molecule has 17 heteroatoms. The number of ether oxygens (including phenoxy) is 4. The minimum absolute atomic E-state index is 0.0445. The van der Waals surface area contributed by atoms with E-state index < -0.39 is 83.5 Å². The normalized spacial score (nSPS) is 28.2. The van der Waals surface area contributed by atoms with Gasteiger partial charge in [0.15, 0.2) is 11.7 Å². The van der Waals surface area contributed by atoms with Crippen LogP contribution in [0.3, 0.4) is 0 Å². The number of esters is 2. The maximum Gasteiger partial charge on any atom is 0.410 e. The SMILES string of the molecule is CC(=O)O[C@@H]1C[C@@H]2[C@H](OC(C)=O)[C@@]3(C1)OC(=O)N[C@H]3[C@H](C(=O)NCCC1=CCN(C(=O)OC(C)(C)C)C1)N2C(=O)[C@@H](CC(C)C)N=[N+]=[N-]. The first kappa shape index (κ1) is 36.3. The number of alkyl carbamates (subject to hydrolysis) is 1. The molecule has 0 radical (unpaired) electrons. The Bertz CT molecular complexity index is 1400. The highest BCUT2D eigenvalue weighted by molar-refractivity contribution is 5.93. The molecule has 2 N–H and O–H groups in total. The van der Waals surface area contributed by atoms with Gasteiger partial charge in [0.2, 0.25) is 11.8 Å². The summed E-state index contributed by atoms with van der Waals surface area (Å²) in [7, 11) is 0. The molecule has 1 saturated carbocycles. The van der Waals surface area contributed by atoms with Crippen LogP contribution in [0.25, 0.3) is 10.4 Å². The molecule has 1 spiro atoms. The first-order chi connectivity index (χ1) is 22.5. The van der Waals surface area contributed by atoms with Gasteiger partial charge in [-0.1, -0.05) is 30.6 Å². The van der Waals surface area contributed by atoms with Gasteiger partial charge in [-0.05, 0) is 45.1 Å². The summed E-state index contributed by atoms with van der Waals surface area (Å²) in [5.74, 6) is -2.76. The molecule has 4 amide bonds. The first-order valence-electron chi connectivity index (χ1n) is 16.1. The van der Waals surface area contributed by atoms with E-state index in [9.17, 15) is 34.3 Å². The molecule has 3 heterocycles. The maximum atomic E-state index is 14.4. The van der Waals surface area contributed by atoms with E-state index in [1.165, 1.54) is 18.7 Å². The van der Waals surface area contributed by atoms with Crippen molar-refractivity contribution in [2.24, 2.45) is 11.0 Å². The van der Waals surface area contributed by atoms with Crippen LogP contribution in [-0.2, 0) is 38.1 Å². The molecule has 0 aromatic heterocycles. The second-order valence-corrected chi connectivity index (χ2v) is 14.0. The van der Waals surface area contributed by atoms with Crippen molar-refractivity contribution in [2.45, 2.75) is 122 Å². The predicted molar refractivity (Wildman–Crippen MR) is 167 cm³/mol. The Morgan fingerprint density at radius 3 is 2.48 bits per heavy atom. The van der Waals surface area contributed by atoms with Crippen molar-refractivity contribution in [3.8, 4) is 0 Å². The summed E-state index contributed by atoms with van der Waals surface area (Å²) in [6.45, 7) is 12.2. The maximum absolute atomic E-state index is 14.4. The van der Waals surface area contributed by atoms with E-state index in [-0.39, 0.29) is 31.7 Å². The molecule has 2 bridgehead atoms. The van der Waals surface area contributed by atoms with Gasteiger partial charge >= 0.3 is 24.1 Å². The van der Waals surface area contributed by atoms with Crippen molar-refractivity contribution in [3.05, 3.63) is 22.1 Å². The van der Waals surface area contributed by atoms with Crippen molar-refractivity contribution < 1.29 is 47.7 Å². The minimum atomic E-state index is -1.67. The van der Waals surface area contributed by atoms with E-state index >= 15 is 0 Å². The van der Waals surface area contributed by atoms with Crippen molar-refractivity contribution in [2.75, 3.05) is 19.6 Å². The van der Waals surface area contributed by atoms with Gasteiger partial charge in [-0.15, -0.1) is 0 Å². The quantitative estimate of drug-likeness (QED) is 0.0860. The van der Waals surface area contributed by atoms with Crippen LogP contribution < -0.4 is 10.6 Å². The highest BCUT2D eigenvalue weighted by Gasteiger charge is 2.71. The van der Waals surface area contributed by atoms with Crippen molar-refractivity contribution >= 4 is 35.9 Å². The number of piperidine rings is 1. The zero-order valence-electron chi connectivity index (χ0n) is 28.4. The molecule has 0 unspecified atom stereocenters. The highest BCUT2D eigenvalue weighted by atomic mass is 16.6. The fourth-order valence-electron chi connectivity index (χ4n) is 7.01. The summed E-state index contributed by atoms with van der Waals surface area (Å²) in [4.78, 5) is 84.0. The second-order valence-electron chi connectivity index (χ2n) is 14.0. The Morgan fingerprint density at radius 2 is 1.88 bits per heavy atom. The molecule has 3 aliphatic heterocycles. The summed E-state index contributed by atoms with van der Waals surface area (Å²) in [6.07, 6.45) is -1.18. The van der Waals surface area contributed by atoms with Crippen molar-refractivity contribution in [1.29, 1.82) is 0 Å². The molecular weight excluding hydrogens is 630 g/mol. The molecule has 4 aliphatic rings. The van der Waals surface area contributed by atoms with Crippen LogP contribution in [0.5, 0.6) is 0 Å². The number of nitrogens with one attached hydrogen (secondary N) is 2. The summed E-state index contributed by atoms with van der Waals surface area (Å²) in [6, 6.07) is -4.93. The van der Waals surface area contributed by atoms with Crippen molar-refractivity contribution in [1.82, 2.24) is 20.4 Å². The topological polar surface area (TPSA) is 219 Å². The lowest BCUT2D eigenvalue weighted by atomic mass is 9.66. The van der Waals surface area contributed by atoms with E-state index in [0.29, 0.717) is 19.5 Å². The number of azide groups is 1. The van der Waals surface area contributed by atoms with E-state index in [2.05, 4.69) is 20.7 Å². The first-order valence-corrected chi connectivity index (χ1v) is 16.1. The van der Waals surface area contributed by atoms with Gasteiger partial charge in [0, 0.05) is 51.2 Å². The van der Waals surface area contributed by atoms with Crippen LogP contribution >= 0.6 is 0 Å². The number of carbonyl (C=O) groups excluding carboxylic acids is 6. The number of amides is 4. The molecule has 4 rings (SSSR count). The summed E-state index contributed by atoms with van der Waals surface area (Å²) >= 11 is 0. The molecule has 0 aromatic rings. The molecule has 17 nitrogen and oxygen atoms in total. The number of carbonyl (C=O) groups is 6. The lowest BCUT2D eigenvalue weighted by molar-refractivity contribution is -0.221. The van der Waals surface area contributed by atoms with Crippen LogP contribution in [0.1, 0.15) is 74.1 Å². The number of fused-ring (bicyclic) bond motifs is 1. The largest absolute Gasteiger partial charge is 0.462 e. The third kappa shape index (κ3) is 7.94. The van der Waals surface area contributed by atoms with E-state index in [1.807, 2.05) is 19.9 Å². The van der Waals surface area contributed by atoms with Gasteiger partial charge in [-0.3, -0.25) is 19.2 Å². The molecule has 264 valence electrons.